The summed E-state index contributed by atoms with van der Waals surface area (Å²) in [6.07, 6.45) is 4.58. The van der Waals surface area contributed by atoms with Crippen molar-refractivity contribution in [3.63, 3.8) is 0 Å². The standard InChI is InChI=1S/C18H21N3OS/c22-18(11-14-6-10-23-13-14)21-9-5-16-17(21)4-8-20(16)12-15-3-1-2-7-19-15/h1-3,6-7,10,13,16-17H,4-5,8-9,11-12H2/t16-,17+/m1/s1. The summed E-state index contributed by atoms with van der Waals surface area (Å²) in [6.45, 7) is 2.86. The Hall–Kier alpha value is -1.72. The van der Waals surface area contributed by atoms with Crippen LogP contribution in [0.3, 0.4) is 0 Å². The normalized spacial score (nSPS) is 24.1. The lowest BCUT2D eigenvalue weighted by Crippen LogP contribution is -2.40. The second-order valence-electron chi connectivity index (χ2n) is 6.40. The van der Waals surface area contributed by atoms with Crippen molar-refractivity contribution in [2.45, 2.75) is 37.9 Å². The van der Waals surface area contributed by atoms with E-state index in [9.17, 15) is 4.79 Å². The molecule has 4 heterocycles. The van der Waals surface area contributed by atoms with Gasteiger partial charge in [-0.15, -0.1) is 0 Å². The van der Waals surface area contributed by atoms with Gasteiger partial charge < -0.3 is 4.90 Å². The minimum Gasteiger partial charge on any atom is -0.338 e. The summed E-state index contributed by atoms with van der Waals surface area (Å²) in [5.41, 5.74) is 2.27. The van der Waals surface area contributed by atoms with Crippen LogP contribution < -0.4 is 0 Å². The van der Waals surface area contributed by atoms with Crippen LogP contribution in [-0.4, -0.2) is 45.9 Å². The molecule has 2 atom stereocenters. The number of carbonyl (C=O) groups excluding carboxylic acids is 1. The molecule has 2 fully saturated rings. The number of amides is 1. The van der Waals surface area contributed by atoms with Gasteiger partial charge in [0.15, 0.2) is 0 Å². The monoisotopic (exact) mass is 327 g/mol. The molecule has 1 amide bonds. The highest BCUT2D eigenvalue weighted by molar-refractivity contribution is 7.07. The summed E-state index contributed by atoms with van der Waals surface area (Å²) in [6, 6.07) is 9.03. The second kappa shape index (κ2) is 6.42. The van der Waals surface area contributed by atoms with Gasteiger partial charge in [0.25, 0.3) is 0 Å². The molecule has 4 nitrogen and oxygen atoms in total. The maximum absolute atomic E-state index is 12.6. The van der Waals surface area contributed by atoms with Gasteiger partial charge in [0.1, 0.15) is 0 Å². The van der Waals surface area contributed by atoms with Crippen LogP contribution in [0.15, 0.2) is 41.2 Å². The van der Waals surface area contributed by atoms with E-state index in [1.165, 1.54) is 0 Å². The predicted molar refractivity (Wildman–Crippen MR) is 91.2 cm³/mol. The van der Waals surface area contributed by atoms with Crippen LogP contribution in [0.2, 0.25) is 0 Å². The maximum atomic E-state index is 12.6. The number of hydrogen-bond acceptors (Lipinski definition) is 4. The molecule has 2 aromatic heterocycles. The number of hydrogen-bond donors (Lipinski definition) is 0. The van der Waals surface area contributed by atoms with Crippen molar-refractivity contribution < 1.29 is 4.79 Å². The van der Waals surface area contributed by atoms with Crippen molar-refractivity contribution in [3.8, 4) is 0 Å². The van der Waals surface area contributed by atoms with E-state index in [0.29, 0.717) is 18.5 Å². The Bertz CT molecular complexity index is 658. The van der Waals surface area contributed by atoms with Gasteiger partial charge in [0.2, 0.25) is 5.91 Å². The number of fused-ring (bicyclic) bond motifs is 1. The molecule has 2 saturated heterocycles. The molecular weight excluding hydrogens is 306 g/mol. The fraction of sp³-hybridized carbons (Fsp3) is 0.444. The van der Waals surface area contributed by atoms with Crippen molar-refractivity contribution in [1.29, 1.82) is 0 Å². The maximum Gasteiger partial charge on any atom is 0.227 e. The van der Waals surface area contributed by atoms with Gasteiger partial charge in [-0.05, 0) is 47.4 Å². The molecule has 0 N–H and O–H groups in total. The van der Waals surface area contributed by atoms with Gasteiger partial charge in [0.05, 0.1) is 12.1 Å². The Labute approximate surface area is 140 Å². The summed E-state index contributed by atoms with van der Waals surface area (Å²) in [5.74, 6) is 0.288. The van der Waals surface area contributed by atoms with E-state index < -0.39 is 0 Å². The van der Waals surface area contributed by atoms with E-state index in [-0.39, 0.29) is 5.91 Å². The van der Waals surface area contributed by atoms with Crippen LogP contribution in [0.25, 0.3) is 0 Å². The molecule has 0 saturated carbocycles. The molecule has 2 aromatic rings. The first-order chi connectivity index (χ1) is 11.3. The third kappa shape index (κ3) is 3.03. The first-order valence-electron chi connectivity index (χ1n) is 8.26. The molecule has 0 unspecified atom stereocenters. The van der Waals surface area contributed by atoms with E-state index in [4.69, 9.17) is 0 Å². The number of carbonyl (C=O) groups is 1. The Morgan fingerprint density at radius 3 is 2.91 bits per heavy atom. The average Bonchev–Trinajstić information content (AvgIpc) is 3.27. The van der Waals surface area contributed by atoms with Gasteiger partial charge in [0, 0.05) is 37.9 Å². The molecule has 0 spiro atoms. The zero-order valence-corrected chi connectivity index (χ0v) is 13.9. The number of nitrogens with zero attached hydrogens (tertiary/aromatic N) is 3. The first kappa shape index (κ1) is 14.8. The number of thiophene rings is 1. The molecule has 23 heavy (non-hydrogen) atoms. The van der Waals surface area contributed by atoms with Gasteiger partial charge >= 0.3 is 0 Å². The Balaban J connectivity index is 1.40. The summed E-state index contributed by atoms with van der Waals surface area (Å²) in [4.78, 5) is 21.7. The quantitative estimate of drug-likeness (QED) is 0.866. The molecular formula is C18H21N3OS. The SMILES string of the molecule is O=C(Cc1ccsc1)N1CC[C@@H]2[C@@H]1CCN2Cc1ccccn1. The van der Waals surface area contributed by atoms with E-state index >= 15 is 0 Å². The number of pyridine rings is 1. The van der Waals surface area contributed by atoms with E-state index in [1.807, 2.05) is 23.7 Å². The van der Waals surface area contributed by atoms with Crippen LogP contribution in [0, 0.1) is 0 Å². The van der Waals surface area contributed by atoms with Crippen LogP contribution in [0.5, 0.6) is 0 Å². The van der Waals surface area contributed by atoms with Crippen molar-refractivity contribution in [1.82, 2.24) is 14.8 Å². The second-order valence-corrected chi connectivity index (χ2v) is 7.18. The van der Waals surface area contributed by atoms with Crippen LogP contribution in [0.1, 0.15) is 24.1 Å². The van der Waals surface area contributed by atoms with E-state index in [0.717, 1.165) is 43.7 Å². The Morgan fingerprint density at radius 2 is 2.13 bits per heavy atom. The highest BCUT2D eigenvalue weighted by atomic mass is 32.1. The molecule has 0 aliphatic carbocycles. The molecule has 0 bridgehead atoms. The minimum absolute atomic E-state index is 0.288. The summed E-state index contributed by atoms with van der Waals surface area (Å²) >= 11 is 1.66. The number of rotatable bonds is 4. The molecule has 2 aliphatic heterocycles. The molecule has 0 aromatic carbocycles. The third-order valence-corrected chi connectivity index (χ3v) is 5.77. The smallest absolute Gasteiger partial charge is 0.227 e. The topological polar surface area (TPSA) is 36.4 Å². The summed E-state index contributed by atoms with van der Waals surface area (Å²) in [7, 11) is 0. The highest BCUT2D eigenvalue weighted by Crippen LogP contribution is 2.32. The van der Waals surface area contributed by atoms with Gasteiger partial charge in [-0.3, -0.25) is 14.7 Å². The molecule has 5 heteroatoms. The zero-order chi connectivity index (χ0) is 15.6. The van der Waals surface area contributed by atoms with E-state index in [1.54, 1.807) is 11.3 Å². The largest absolute Gasteiger partial charge is 0.338 e. The van der Waals surface area contributed by atoms with Crippen molar-refractivity contribution in [2.75, 3.05) is 13.1 Å². The van der Waals surface area contributed by atoms with Gasteiger partial charge in [-0.2, -0.15) is 11.3 Å². The van der Waals surface area contributed by atoms with E-state index in [2.05, 4.69) is 32.3 Å². The van der Waals surface area contributed by atoms with Crippen molar-refractivity contribution in [2.24, 2.45) is 0 Å². The average molecular weight is 327 g/mol. The van der Waals surface area contributed by atoms with Crippen LogP contribution >= 0.6 is 11.3 Å². The van der Waals surface area contributed by atoms with Crippen LogP contribution in [-0.2, 0) is 17.8 Å². The lowest BCUT2D eigenvalue weighted by atomic mass is 10.1. The van der Waals surface area contributed by atoms with Crippen LogP contribution in [0.4, 0.5) is 0 Å². The van der Waals surface area contributed by atoms with Gasteiger partial charge in [-0.1, -0.05) is 6.07 Å². The molecule has 0 radical (unpaired) electrons. The van der Waals surface area contributed by atoms with Crippen molar-refractivity contribution >= 4 is 17.2 Å². The summed E-state index contributed by atoms with van der Waals surface area (Å²) < 4.78 is 0. The zero-order valence-electron chi connectivity index (χ0n) is 13.1. The molecule has 4 rings (SSSR count). The van der Waals surface area contributed by atoms with Crippen molar-refractivity contribution in [3.05, 3.63) is 52.5 Å². The third-order valence-electron chi connectivity index (χ3n) is 5.04. The number of aromatic nitrogens is 1. The minimum atomic E-state index is 0.288. The molecule has 120 valence electrons. The Morgan fingerprint density at radius 1 is 1.22 bits per heavy atom. The van der Waals surface area contributed by atoms with Gasteiger partial charge in [-0.25, -0.2) is 0 Å². The highest BCUT2D eigenvalue weighted by Gasteiger charge is 2.44. The summed E-state index contributed by atoms with van der Waals surface area (Å²) in [5, 5.41) is 4.12. The lowest BCUT2D eigenvalue weighted by molar-refractivity contribution is -0.131. The lowest BCUT2D eigenvalue weighted by Gasteiger charge is -2.25. The fourth-order valence-electron chi connectivity index (χ4n) is 3.95. The Kier molecular flexibility index (Phi) is 4.14. The first-order valence-corrected chi connectivity index (χ1v) is 9.20. The molecule has 2 aliphatic rings. The predicted octanol–water partition coefficient (Wildman–Crippen LogP) is 2.56. The number of likely N-dealkylation sites (tertiary alicyclic amines) is 2. The fourth-order valence-corrected chi connectivity index (χ4v) is 4.62.